The lowest BCUT2D eigenvalue weighted by Crippen LogP contribution is -2.42. The second kappa shape index (κ2) is 10.6. The third-order valence-electron chi connectivity index (χ3n) is 6.11. The van der Waals surface area contributed by atoms with Gasteiger partial charge in [-0.2, -0.15) is 0 Å². The van der Waals surface area contributed by atoms with Gasteiger partial charge in [-0.25, -0.2) is 4.98 Å². The van der Waals surface area contributed by atoms with Crippen LogP contribution in [0.2, 0.25) is 0 Å². The average Bonchev–Trinajstić information content (AvgIpc) is 3.66. The minimum absolute atomic E-state index is 0.101. The summed E-state index contributed by atoms with van der Waals surface area (Å²) >= 11 is 0. The first-order valence-electron chi connectivity index (χ1n) is 12.0. The minimum Gasteiger partial charge on any atom is -0.459 e. The fraction of sp³-hybridized carbons (Fsp3) is 0.250. The van der Waals surface area contributed by atoms with Crippen LogP contribution in [0.3, 0.4) is 0 Å². The van der Waals surface area contributed by atoms with Crippen LogP contribution in [0.5, 0.6) is 0 Å². The first kappa shape index (κ1) is 23.6. The largest absolute Gasteiger partial charge is 0.459 e. The molecule has 0 radical (unpaired) electrons. The van der Waals surface area contributed by atoms with Crippen LogP contribution in [0.15, 0.2) is 83.6 Å². The van der Waals surface area contributed by atoms with Gasteiger partial charge in [-0.05, 0) is 49.6 Å². The number of carbonyl (C=O) groups excluding carboxylic acids is 2. The molecular weight excluding hydrogens is 456 g/mol. The summed E-state index contributed by atoms with van der Waals surface area (Å²) in [4.78, 5) is 32.5. The van der Waals surface area contributed by atoms with Gasteiger partial charge in [0.05, 0.1) is 18.1 Å². The van der Waals surface area contributed by atoms with E-state index >= 15 is 0 Å². The van der Waals surface area contributed by atoms with Gasteiger partial charge in [-0.15, -0.1) is 0 Å². The Morgan fingerprint density at radius 3 is 2.69 bits per heavy atom. The molecule has 1 N–H and O–H groups in total. The highest BCUT2D eigenvalue weighted by molar-refractivity contribution is 5.97. The number of furan rings is 1. The lowest BCUT2D eigenvalue weighted by molar-refractivity contribution is -0.117. The molecule has 2 amide bonds. The average molecular weight is 485 g/mol. The molecule has 1 atom stereocenters. The number of nitrogens with one attached hydrogen (secondary N) is 1. The number of ether oxygens (including phenoxy) is 1. The summed E-state index contributed by atoms with van der Waals surface area (Å²) in [6.45, 7) is 2.84. The molecule has 8 heteroatoms. The van der Waals surface area contributed by atoms with E-state index in [1.807, 2.05) is 72.3 Å². The second-order valence-corrected chi connectivity index (χ2v) is 8.87. The number of aryl methyl sites for hydroxylation is 1. The number of hydrogen-bond donors (Lipinski definition) is 1. The number of amides is 2. The standard InChI is InChI=1S/C28H28N4O4/c1-20-8-5-11-22(16-20)32-18-24(21-9-3-2-4-10-21)29-28(32)30-26(33)19-31(17-23-12-6-14-35-23)27(34)25-13-7-15-36-25/h2-5,7-11,13,15-16,18,23H,6,12,14,17,19H2,1H3,(H,29,30,33)/t23-/m1/s1. The summed E-state index contributed by atoms with van der Waals surface area (Å²) in [5.41, 5.74) is 3.64. The van der Waals surface area contributed by atoms with Gasteiger partial charge in [0.1, 0.15) is 6.54 Å². The molecule has 0 unspecified atom stereocenters. The van der Waals surface area contributed by atoms with Crippen LogP contribution in [0.4, 0.5) is 5.95 Å². The molecule has 0 saturated carbocycles. The van der Waals surface area contributed by atoms with Crippen molar-refractivity contribution in [2.24, 2.45) is 0 Å². The Bertz CT molecular complexity index is 1320. The lowest BCUT2D eigenvalue weighted by atomic mass is 10.2. The van der Waals surface area contributed by atoms with Crippen LogP contribution in [-0.2, 0) is 9.53 Å². The van der Waals surface area contributed by atoms with E-state index in [1.165, 1.54) is 11.2 Å². The van der Waals surface area contributed by atoms with Crippen molar-refractivity contribution in [3.63, 3.8) is 0 Å². The number of benzene rings is 2. The van der Waals surface area contributed by atoms with E-state index in [4.69, 9.17) is 14.1 Å². The van der Waals surface area contributed by atoms with Crippen LogP contribution in [0.25, 0.3) is 16.9 Å². The molecule has 4 aromatic rings. The predicted octanol–water partition coefficient (Wildman–Crippen LogP) is 4.70. The third kappa shape index (κ3) is 5.39. The van der Waals surface area contributed by atoms with E-state index < -0.39 is 0 Å². The topological polar surface area (TPSA) is 89.6 Å². The maximum Gasteiger partial charge on any atom is 0.290 e. The molecule has 3 heterocycles. The Kier molecular flexibility index (Phi) is 6.95. The zero-order valence-electron chi connectivity index (χ0n) is 20.1. The van der Waals surface area contributed by atoms with E-state index in [0.717, 1.165) is 35.3 Å². The zero-order valence-corrected chi connectivity index (χ0v) is 20.1. The second-order valence-electron chi connectivity index (χ2n) is 8.87. The van der Waals surface area contributed by atoms with Gasteiger partial charge in [-0.3, -0.25) is 19.5 Å². The Hall–Kier alpha value is -4.17. The van der Waals surface area contributed by atoms with Crippen molar-refractivity contribution < 1.29 is 18.7 Å². The van der Waals surface area contributed by atoms with Gasteiger partial charge in [0.15, 0.2) is 5.76 Å². The van der Waals surface area contributed by atoms with Crippen LogP contribution in [0.1, 0.15) is 29.0 Å². The van der Waals surface area contributed by atoms with Crippen molar-refractivity contribution in [3.05, 3.63) is 90.5 Å². The van der Waals surface area contributed by atoms with Crippen molar-refractivity contribution in [1.82, 2.24) is 14.5 Å². The molecule has 0 aliphatic carbocycles. The van der Waals surface area contributed by atoms with Crippen LogP contribution >= 0.6 is 0 Å². The quantitative estimate of drug-likeness (QED) is 0.392. The van der Waals surface area contributed by atoms with Gasteiger partial charge in [0, 0.05) is 30.6 Å². The highest BCUT2D eigenvalue weighted by atomic mass is 16.5. The monoisotopic (exact) mass is 484 g/mol. The van der Waals surface area contributed by atoms with E-state index in [0.29, 0.717) is 19.1 Å². The smallest absolute Gasteiger partial charge is 0.290 e. The van der Waals surface area contributed by atoms with Crippen molar-refractivity contribution >= 4 is 17.8 Å². The van der Waals surface area contributed by atoms with E-state index in [-0.39, 0.29) is 30.2 Å². The number of anilines is 1. The molecule has 1 aliphatic rings. The summed E-state index contributed by atoms with van der Waals surface area (Å²) in [6.07, 6.45) is 5.03. The van der Waals surface area contributed by atoms with E-state index in [2.05, 4.69) is 5.32 Å². The summed E-state index contributed by atoms with van der Waals surface area (Å²) in [6, 6.07) is 21.0. The molecule has 8 nitrogen and oxygen atoms in total. The van der Waals surface area contributed by atoms with Crippen LogP contribution < -0.4 is 5.32 Å². The summed E-state index contributed by atoms with van der Waals surface area (Å²) in [5, 5.41) is 2.92. The van der Waals surface area contributed by atoms with Gasteiger partial charge < -0.3 is 14.1 Å². The molecule has 1 saturated heterocycles. The first-order valence-corrected chi connectivity index (χ1v) is 12.0. The Balaban J connectivity index is 1.40. The van der Waals surface area contributed by atoms with Crippen LogP contribution in [0, 0.1) is 6.92 Å². The zero-order chi connectivity index (χ0) is 24.9. The fourth-order valence-electron chi connectivity index (χ4n) is 4.34. The van der Waals surface area contributed by atoms with Gasteiger partial charge in [0.2, 0.25) is 11.9 Å². The number of hydrogen-bond acceptors (Lipinski definition) is 5. The van der Waals surface area contributed by atoms with Crippen molar-refractivity contribution in [3.8, 4) is 16.9 Å². The lowest BCUT2D eigenvalue weighted by Gasteiger charge is -2.24. The molecule has 36 heavy (non-hydrogen) atoms. The molecule has 1 fully saturated rings. The Morgan fingerprint density at radius 1 is 1.11 bits per heavy atom. The predicted molar refractivity (Wildman–Crippen MR) is 136 cm³/mol. The third-order valence-corrected chi connectivity index (χ3v) is 6.11. The van der Waals surface area contributed by atoms with Crippen LogP contribution in [-0.4, -0.2) is 52.1 Å². The molecule has 0 bridgehead atoms. The summed E-state index contributed by atoms with van der Waals surface area (Å²) < 4.78 is 12.9. The van der Waals surface area contributed by atoms with Crippen molar-refractivity contribution in [2.75, 3.05) is 25.0 Å². The molecular formula is C28H28N4O4. The van der Waals surface area contributed by atoms with Gasteiger partial charge in [0.25, 0.3) is 5.91 Å². The van der Waals surface area contributed by atoms with E-state index in [1.54, 1.807) is 12.1 Å². The number of rotatable bonds is 8. The summed E-state index contributed by atoms with van der Waals surface area (Å²) in [7, 11) is 0. The Labute approximate surface area is 209 Å². The summed E-state index contributed by atoms with van der Waals surface area (Å²) in [5.74, 6) is -0.134. The SMILES string of the molecule is Cc1cccc(-n2cc(-c3ccccc3)nc2NC(=O)CN(C[C@H]2CCCO2)C(=O)c2ccco2)c1. The molecule has 184 valence electrons. The van der Waals surface area contributed by atoms with Gasteiger partial charge >= 0.3 is 0 Å². The molecule has 0 spiro atoms. The molecule has 5 rings (SSSR count). The number of imidazole rings is 1. The van der Waals surface area contributed by atoms with E-state index in [9.17, 15) is 9.59 Å². The minimum atomic E-state index is -0.355. The number of aromatic nitrogens is 2. The van der Waals surface area contributed by atoms with Crippen molar-refractivity contribution in [1.29, 1.82) is 0 Å². The Morgan fingerprint density at radius 2 is 1.97 bits per heavy atom. The van der Waals surface area contributed by atoms with Gasteiger partial charge in [-0.1, -0.05) is 42.5 Å². The highest BCUT2D eigenvalue weighted by Gasteiger charge is 2.27. The molecule has 1 aliphatic heterocycles. The highest BCUT2D eigenvalue weighted by Crippen LogP contribution is 2.25. The van der Waals surface area contributed by atoms with Crippen molar-refractivity contribution in [2.45, 2.75) is 25.9 Å². The normalized spacial score (nSPS) is 15.1. The first-order chi connectivity index (χ1) is 17.6. The molecule has 2 aromatic carbocycles. The maximum atomic E-state index is 13.2. The number of carbonyl (C=O) groups is 2. The molecule has 2 aromatic heterocycles. The maximum absolute atomic E-state index is 13.2. The number of nitrogens with zero attached hydrogens (tertiary/aromatic N) is 3. The fourth-order valence-corrected chi connectivity index (χ4v) is 4.34.